The summed E-state index contributed by atoms with van der Waals surface area (Å²) in [5.74, 6) is -0.786. The van der Waals surface area contributed by atoms with Crippen LogP contribution in [0.4, 0.5) is 0 Å². The predicted octanol–water partition coefficient (Wildman–Crippen LogP) is 2.77. The number of pyridine rings is 1. The number of carbonyl (C=O) groups is 2. The Morgan fingerprint density at radius 2 is 2.03 bits per heavy atom. The summed E-state index contributed by atoms with van der Waals surface area (Å²) >= 11 is 0. The fourth-order valence-electron chi connectivity index (χ4n) is 3.57. The smallest absolute Gasteiger partial charge is 0.295 e. The van der Waals surface area contributed by atoms with E-state index < -0.39 is 17.7 Å². The third kappa shape index (κ3) is 4.21. The summed E-state index contributed by atoms with van der Waals surface area (Å²) in [5, 5.41) is 11.1. The van der Waals surface area contributed by atoms with Crippen molar-refractivity contribution in [3.63, 3.8) is 0 Å². The second-order valence-electron chi connectivity index (χ2n) is 7.50. The van der Waals surface area contributed by atoms with Crippen LogP contribution in [0.2, 0.25) is 0 Å². The number of hydrogen-bond acceptors (Lipinski definition) is 6. The number of amides is 1. The van der Waals surface area contributed by atoms with Crippen molar-refractivity contribution < 1.29 is 19.4 Å². The summed E-state index contributed by atoms with van der Waals surface area (Å²) in [5.41, 5.74) is 2.06. The molecule has 1 aliphatic rings. The molecule has 1 aromatic heterocycles. The maximum absolute atomic E-state index is 12.9. The number of ether oxygens (including phenoxy) is 1. The van der Waals surface area contributed by atoms with Gasteiger partial charge >= 0.3 is 0 Å². The molecular weight excluding hydrogens is 382 g/mol. The minimum absolute atomic E-state index is 0.0790. The lowest BCUT2D eigenvalue weighted by molar-refractivity contribution is -0.140. The summed E-state index contributed by atoms with van der Waals surface area (Å²) in [6.45, 7) is 5.25. The molecule has 0 bridgehead atoms. The van der Waals surface area contributed by atoms with Crippen LogP contribution in [0.25, 0.3) is 5.76 Å². The molecule has 1 aliphatic heterocycles. The molecule has 1 unspecified atom stereocenters. The number of hydrogen-bond donors (Lipinski definition) is 1. The van der Waals surface area contributed by atoms with Crippen LogP contribution in [0.1, 0.15) is 29.7 Å². The van der Waals surface area contributed by atoms with Crippen molar-refractivity contribution in [2.75, 3.05) is 33.8 Å². The van der Waals surface area contributed by atoms with E-state index >= 15 is 0 Å². The van der Waals surface area contributed by atoms with Gasteiger partial charge in [-0.3, -0.25) is 14.6 Å². The number of nitrogens with zero attached hydrogens (tertiary/aromatic N) is 3. The summed E-state index contributed by atoms with van der Waals surface area (Å²) in [4.78, 5) is 33.4. The maximum atomic E-state index is 12.9. The van der Waals surface area contributed by atoms with Gasteiger partial charge in [-0.25, -0.2) is 0 Å². The highest BCUT2D eigenvalue weighted by Gasteiger charge is 2.46. The van der Waals surface area contributed by atoms with Gasteiger partial charge in [-0.05, 0) is 63.3 Å². The van der Waals surface area contributed by atoms with Crippen molar-refractivity contribution in [1.82, 2.24) is 14.8 Å². The van der Waals surface area contributed by atoms with Gasteiger partial charge in [0.15, 0.2) is 0 Å². The summed E-state index contributed by atoms with van der Waals surface area (Å²) in [6, 6.07) is 8.08. The Bertz CT molecular complexity index is 970. The molecule has 1 atom stereocenters. The van der Waals surface area contributed by atoms with Gasteiger partial charge in [0.05, 0.1) is 18.2 Å². The van der Waals surface area contributed by atoms with Gasteiger partial charge in [-0.1, -0.05) is 6.07 Å². The van der Waals surface area contributed by atoms with Gasteiger partial charge in [0, 0.05) is 31.0 Å². The van der Waals surface area contributed by atoms with Crippen LogP contribution in [-0.4, -0.2) is 65.4 Å². The van der Waals surface area contributed by atoms with E-state index in [2.05, 4.69) is 4.98 Å². The van der Waals surface area contributed by atoms with Crippen molar-refractivity contribution in [3.8, 4) is 5.75 Å². The Balaban J connectivity index is 2.10. The van der Waals surface area contributed by atoms with Crippen LogP contribution in [0, 0.1) is 6.92 Å². The van der Waals surface area contributed by atoms with E-state index in [1.54, 1.807) is 36.7 Å². The zero-order valence-electron chi connectivity index (χ0n) is 17.8. The standard InChI is InChI=1S/C23H27N3O4/c1-5-30-18-9-8-16(13-15(18)2)21(27)19-20(17-7-6-10-24-14-17)26(12-11-25(3)4)23(29)22(19)28/h6-10,13-14,20,27H,5,11-12H2,1-4H3/b21-19-. The molecule has 30 heavy (non-hydrogen) atoms. The molecule has 0 spiro atoms. The number of aryl methyl sites for hydroxylation is 1. The van der Waals surface area contributed by atoms with Crippen molar-refractivity contribution in [3.05, 3.63) is 65.0 Å². The number of rotatable bonds is 7. The number of aliphatic hydroxyl groups excluding tert-OH is 1. The maximum Gasteiger partial charge on any atom is 0.295 e. The molecule has 1 N–H and O–H groups in total. The zero-order chi connectivity index (χ0) is 21.8. The molecule has 0 aliphatic carbocycles. The zero-order valence-corrected chi connectivity index (χ0v) is 17.8. The van der Waals surface area contributed by atoms with Crippen LogP contribution in [0.5, 0.6) is 5.75 Å². The number of benzene rings is 1. The Labute approximate surface area is 176 Å². The molecule has 7 nitrogen and oxygen atoms in total. The van der Waals surface area contributed by atoms with E-state index in [0.717, 1.165) is 5.56 Å². The molecule has 0 saturated carbocycles. The van der Waals surface area contributed by atoms with Crippen LogP contribution in [-0.2, 0) is 9.59 Å². The third-order valence-corrected chi connectivity index (χ3v) is 5.08. The molecule has 0 radical (unpaired) electrons. The number of aliphatic hydroxyl groups is 1. The molecule has 7 heteroatoms. The van der Waals surface area contributed by atoms with Crippen molar-refractivity contribution in [1.29, 1.82) is 0 Å². The number of likely N-dealkylation sites (N-methyl/N-ethyl adjacent to an activating group) is 1. The van der Waals surface area contributed by atoms with E-state index in [4.69, 9.17) is 4.74 Å². The van der Waals surface area contributed by atoms with E-state index in [1.165, 1.54) is 4.90 Å². The van der Waals surface area contributed by atoms with Crippen molar-refractivity contribution >= 4 is 17.4 Å². The summed E-state index contributed by atoms with van der Waals surface area (Å²) < 4.78 is 5.56. The Morgan fingerprint density at radius 3 is 2.63 bits per heavy atom. The molecular formula is C23H27N3O4. The summed E-state index contributed by atoms with van der Waals surface area (Å²) in [6.07, 6.45) is 3.25. The molecule has 3 rings (SSSR count). The first-order valence-electron chi connectivity index (χ1n) is 9.92. The van der Waals surface area contributed by atoms with E-state index in [-0.39, 0.29) is 11.3 Å². The number of Topliss-reactive ketones (excluding diaryl/α,β-unsaturated/α-hetero) is 1. The highest BCUT2D eigenvalue weighted by Crippen LogP contribution is 2.39. The van der Waals surface area contributed by atoms with Gasteiger partial charge in [-0.2, -0.15) is 0 Å². The monoisotopic (exact) mass is 409 g/mol. The first-order valence-corrected chi connectivity index (χ1v) is 9.92. The quantitative estimate of drug-likeness (QED) is 0.430. The van der Waals surface area contributed by atoms with Crippen LogP contribution in [0.15, 0.2) is 48.3 Å². The number of ketones is 1. The Hall–Kier alpha value is -3.19. The molecule has 1 amide bonds. The second-order valence-corrected chi connectivity index (χ2v) is 7.50. The molecule has 1 aromatic carbocycles. The molecule has 158 valence electrons. The molecule has 1 saturated heterocycles. The van der Waals surface area contributed by atoms with Crippen molar-refractivity contribution in [2.24, 2.45) is 0 Å². The van der Waals surface area contributed by atoms with Gasteiger partial charge in [0.2, 0.25) is 0 Å². The minimum Gasteiger partial charge on any atom is -0.507 e. The Morgan fingerprint density at radius 1 is 1.27 bits per heavy atom. The lowest BCUT2D eigenvalue weighted by Crippen LogP contribution is -2.35. The molecule has 2 aromatic rings. The van der Waals surface area contributed by atoms with Gasteiger partial charge in [0.1, 0.15) is 11.5 Å². The highest BCUT2D eigenvalue weighted by molar-refractivity contribution is 6.46. The van der Waals surface area contributed by atoms with E-state index in [1.807, 2.05) is 38.9 Å². The van der Waals surface area contributed by atoms with Crippen LogP contribution >= 0.6 is 0 Å². The fourth-order valence-corrected chi connectivity index (χ4v) is 3.57. The van der Waals surface area contributed by atoms with Gasteiger partial charge < -0.3 is 19.6 Å². The average molecular weight is 409 g/mol. The molecule has 2 heterocycles. The van der Waals surface area contributed by atoms with Crippen molar-refractivity contribution in [2.45, 2.75) is 19.9 Å². The third-order valence-electron chi connectivity index (χ3n) is 5.08. The SMILES string of the molecule is CCOc1ccc(/C(O)=C2/C(=O)C(=O)N(CCN(C)C)C2c2cccnc2)cc1C. The second kappa shape index (κ2) is 9.09. The lowest BCUT2D eigenvalue weighted by atomic mass is 9.95. The van der Waals surface area contributed by atoms with E-state index in [0.29, 0.717) is 36.6 Å². The number of carbonyl (C=O) groups excluding carboxylic acids is 2. The first kappa shape index (κ1) is 21.5. The topological polar surface area (TPSA) is 83.0 Å². The summed E-state index contributed by atoms with van der Waals surface area (Å²) in [7, 11) is 3.80. The van der Waals surface area contributed by atoms with Crippen LogP contribution < -0.4 is 4.74 Å². The number of aromatic nitrogens is 1. The van der Waals surface area contributed by atoms with Crippen LogP contribution in [0.3, 0.4) is 0 Å². The minimum atomic E-state index is -0.689. The fraction of sp³-hybridized carbons (Fsp3) is 0.348. The van der Waals surface area contributed by atoms with Gasteiger partial charge in [-0.15, -0.1) is 0 Å². The predicted molar refractivity (Wildman–Crippen MR) is 114 cm³/mol. The molecule has 1 fully saturated rings. The van der Waals surface area contributed by atoms with E-state index in [9.17, 15) is 14.7 Å². The highest BCUT2D eigenvalue weighted by atomic mass is 16.5. The Kier molecular flexibility index (Phi) is 6.52. The average Bonchev–Trinajstić information content (AvgIpc) is 2.98. The number of likely N-dealkylation sites (tertiary alicyclic amines) is 1. The lowest BCUT2D eigenvalue weighted by Gasteiger charge is -2.26. The normalized spacial score (nSPS) is 18.3. The van der Waals surface area contributed by atoms with Gasteiger partial charge in [0.25, 0.3) is 11.7 Å². The largest absolute Gasteiger partial charge is 0.507 e. The first-order chi connectivity index (χ1) is 14.3.